The topological polar surface area (TPSA) is 47.6 Å². The van der Waals surface area contributed by atoms with Gasteiger partial charge in [0.05, 0.1) is 7.11 Å². The van der Waals surface area contributed by atoms with Gasteiger partial charge in [-0.1, -0.05) is 6.42 Å². The molecule has 2 aliphatic rings. The van der Waals surface area contributed by atoms with Crippen molar-refractivity contribution in [3.63, 3.8) is 0 Å². The van der Waals surface area contributed by atoms with Gasteiger partial charge in [0.1, 0.15) is 11.5 Å². The molecule has 0 radical (unpaired) electrons. The van der Waals surface area contributed by atoms with E-state index in [1.165, 1.54) is 19.3 Å². The van der Waals surface area contributed by atoms with E-state index in [1.807, 2.05) is 24.3 Å². The van der Waals surface area contributed by atoms with Crippen LogP contribution in [0.3, 0.4) is 0 Å². The fraction of sp³-hybridized carbons (Fsp3) is 0.562. The highest BCUT2D eigenvalue weighted by Gasteiger charge is 2.40. The lowest BCUT2D eigenvalue weighted by Gasteiger charge is -2.22. The SMILES string of the molecule is COc1ccc(OCC(=O)N[C@@H]2C[C@H]3CC[C@H]2C3)cc1. The average molecular weight is 275 g/mol. The molecule has 2 bridgehead atoms. The molecule has 0 heterocycles. The minimum absolute atomic E-state index is 0.0154. The van der Waals surface area contributed by atoms with E-state index >= 15 is 0 Å². The zero-order chi connectivity index (χ0) is 13.9. The first kappa shape index (κ1) is 13.3. The molecule has 1 N–H and O–H groups in total. The van der Waals surface area contributed by atoms with E-state index in [-0.39, 0.29) is 12.5 Å². The number of nitrogens with one attached hydrogen (secondary N) is 1. The van der Waals surface area contributed by atoms with Crippen LogP contribution in [0.25, 0.3) is 0 Å². The quantitative estimate of drug-likeness (QED) is 0.897. The number of hydrogen-bond donors (Lipinski definition) is 1. The van der Waals surface area contributed by atoms with Crippen molar-refractivity contribution in [3.8, 4) is 11.5 Å². The van der Waals surface area contributed by atoms with Crippen LogP contribution < -0.4 is 14.8 Å². The Balaban J connectivity index is 1.44. The van der Waals surface area contributed by atoms with Crippen molar-refractivity contribution >= 4 is 5.91 Å². The maximum atomic E-state index is 11.9. The number of benzene rings is 1. The molecule has 1 aromatic carbocycles. The number of rotatable bonds is 5. The third kappa shape index (κ3) is 2.89. The molecule has 2 aliphatic carbocycles. The summed E-state index contributed by atoms with van der Waals surface area (Å²) in [5.41, 5.74) is 0. The van der Waals surface area contributed by atoms with Crippen LogP contribution >= 0.6 is 0 Å². The number of carbonyl (C=O) groups is 1. The highest BCUT2D eigenvalue weighted by atomic mass is 16.5. The summed E-state index contributed by atoms with van der Waals surface area (Å²) >= 11 is 0. The molecule has 2 fully saturated rings. The van der Waals surface area contributed by atoms with E-state index in [0.717, 1.165) is 18.1 Å². The average Bonchev–Trinajstić information content (AvgIpc) is 3.08. The van der Waals surface area contributed by atoms with Crippen molar-refractivity contribution in [1.82, 2.24) is 5.32 Å². The maximum Gasteiger partial charge on any atom is 0.258 e. The second-order valence-electron chi connectivity index (χ2n) is 5.81. The summed E-state index contributed by atoms with van der Waals surface area (Å²) in [6.45, 7) is 0.0835. The Bertz CT molecular complexity index is 471. The lowest BCUT2D eigenvalue weighted by atomic mass is 9.95. The van der Waals surface area contributed by atoms with Gasteiger partial charge in [0, 0.05) is 6.04 Å². The zero-order valence-corrected chi connectivity index (χ0v) is 11.8. The van der Waals surface area contributed by atoms with Gasteiger partial charge in [-0.15, -0.1) is 0 Å². The molecule has 1 amide bonds. The van der Waals surface area contributed by atoms with Crippen LogP contribution in [0.15, 0.2) is 24.3 Å². The molecule has 4 nitrogen and oxygen atoms in total. The Kier molecular flexibility index (Phi) is 3.81. The van der Waals surface area contributed by atoms with Crippen molar-refractivity contribution in [2.24, 2.45) is 11.8 Å². The van der Waals surface area contributed by atoms with E-state index in [1.54, 1.807) is 7.11 Å². The van der Waals surface area contributed by atoms with Crippen molar-refractivity contribution in [1.29, 1.82) is 0 Å². The maximum absolute atomic E-state index is 11.9. The summed E-state index contributed by atoms with van der Waals surface area (Å²) in [7, 11) is 1.62. The second-order valence-corrected chi connectivity index (χ2v) is 5.81. The first-order chi connectivity index (χ1) is 9.74. The van der Waals surface area contributed by atoms with Crippen LogP contribution in [0.2, 0.25) is 0 Å². The summed E-state index contributed by atoms with van der Waals surface area (Å²) in [5.74, 6) is 2.99. The van der Waals surface area contributed by atoms with Gasteiger partial charge < -0.3 is 14.8 Å². The molecule has 1 aromatic rings. The summed E-state index contributed by atoms with van der Waals surface area (Å²) in [4.78, 5) is 11.9. The molecule has 3 atom stereocenters. The number of ether oxygens (including phenoxy) is 2. The van der Waals surface area contributed by atoms with Crippen LogP contribution in [0.1, 0.15) is 25.7 Å². The van der Waals surface area contributed by atoms with Crippen LogP contribution in [0, 0.1) is 11.8 Å². The van der Waals surface area contributed by atoms with Crippen LogP contribution in [-0.2, 0) is 4.79 Å². The predicted molar refractivity (Wildman–Crippen MR) is 75.9 cm³/mol. The highest BCUT2D eigenvalue weighted by Crippen LogP contribution is 2.44. The fourth-order valence-electron chi connectivity index (χ4n) is 3.49. The van der Waals surface area contributed by atoms with Crippen LogP contribution in [0.5, 0.6) is 11.5 Å². The minimum Gasteiger partial charge on any atom is -0.497 e. The molecular formula is C16H21NO3. The molecule has 4 heteroatoms. The molecule has 20 heavy (non-hydrogen) atoms. The fourth-order valence-corrected chi connectivity index (χ4v) is 3.49. The first-order valence-electron chi connectivity index (χ1n) is 7.31. The molecular weight excluding hydrogens is 254 g/mol. The van der Waals surface area contributed by atoms with E-state index in [9.17, 15) is 4.79 Å². The van der Waals surface area contributed by atoms with Crippen LogP contribution in [-0.4, -0.2) is 25.7 Å². The molecule has 108 valence electrons. The van der Waals surface area contributed by atoms with Gasteiger partial charge in [0.15, 0.2) is 6.61 Å². The third-order valence-corrected chi connectivity index (χ3v) is 4.51. The molecule has 0 aromatic heterocycles. The largest absolute Gasteiger partial charge is 0.497 e. The van der Waals surface area contributed by atoms with Crippen molar-refractivity contribution in [3.05, 3.63) is 24.3 Å². The Hall–Kier alpha value is -1.71. The van der Waals surface area contributed by atoms with Crippen molar-refractivity contribution < 1.29 is 14.3 Å². The van der Waals surface area contributed by atoms with Gasteiger partial charge in [-0.25, -0.2) is 0 Å². The Morgan fingerprint density at radius 2 is 1.95 bits per heavy atom. The highest BCUT2D eigenvalue weighted by molar-refractivity contribution is 5.78. The number of amides is 1. The summed E-state index contributed by atoms with van der Waals surface area (Å²) in [5, 5.41) is 3.11. The van der Waals surface area contributed by atoms with Gasteiger partial charge in [-0.3, -0.25) is 4.79 Å². The Morgan fingerprint density at radius 1 is 1.20 bits per heavy atom. The summed E-state index contributed by atoms with van der Waals surface area (Å²) in [6, 6.07) is 7.64. The number of hydrogen-bond acceptors (Lipinski definition) is 3. The molecule has 0 unspecified atom stereocenters. The lowest BCUT2D eigenvalue weighted by molar-refractivity contribution is -0.124. The Labute approximate surface area is 119 Å². The normalized spacial score (nSPS) is 27.4. The van der Waals surface area contributed by atoms with Gasteiger partial charge in [-0.2, -0.15) is 0 Å². The monoisotopic (exact) mass is 275 g/mol. The van der Waals surface area contributed by atoms with Gasteiger partial charge in [-0.05, 0) is 55.4 Å². The summed E-state index contributed by atoms with van der Waals surface area (Å²) in [6.07, 6.45) is 5.07. The molecule has 0 spiro atoms. The van der Waals surface area contributed by atoms with Gasteiger partial charge in [0.2, 0.25) is 0 Å². The molecule has 0 aliphatic heterocycles. The van der Waals surface area contributed by atoms with Gasteiger partial charge >= 0.3 is 0 Å². The second kappa shape index (κ2) is 5.73. The predicted octanol–water partition coefficient (Wildman–Crippen LogP) is 2.38. The number of methoxy groups -OCH3 is 1. The zero-order valence-electron chi connectivity index (χ0n) is 11.8. The standard InChI is InChI=1S/C16H21NO3/c1-19-13-4-6-14(7-5-13)20-10-16(18)17-15-9-11-2-3-12(15)8-11/h4-7,11-12,15H,2-3,8-10H2,1H3,(H,17,18)/t11-,12-,15+/m0/s1. The lowest BCUT2D eigenvalue weighted by Crippen LogP contribution is -2.40. The van der Waals surface area contributed by atoms with Crippen LogP contribution in [0.4, 0.5) is 0 Å². The summed E-state index contributed by atoms with van der Waals surface area (Å²) < 4.78 is 10.6. The van der Waals surface area contributed by atoms with E-state index in [0.29, 0.717) is 17.7 Å². The number of carbonyl (C=O) groups excluding carboxylic acids is 1. The first-order valence-corrected chi connectivity index (χ1v) is 7.31. The molecule has 3 rings (SSSR count). The minimum atomic E-state index is -0.0154. The van der Waals surface area contributed by atoms with Crippen molar-refractivity contribution in [2.45, 2.75) is 31.7 Å². The van der Waals surface area contributed by atoms with Crippen molar-refractivity contribution in [2.75, 3.05) is 13.7 Å². The van der Waals surface area contributed by atoms with E-state index < -0.39 is 0 Å². The van der Waals surface area contributed by atoms with Gasteiger partial charge in [0.25, 0.3) is 5.91 Å². The number of fused-ring (bicyclic) bond motifs is 2. The molecule has 2 saturated carbocycles. The van der Waals surface area contributed by atoms with E-state index in [4.69, 9.17) is 9.47 Å². The third-order valence-electron chi connectivity index (χ3n) is 4.51. The molecule has 0 saturated heterocycles. The Morgan fingerprint density at radius 3 is 2.55 bits per heavy atom. The smallest absolute Gasteiger partial charge is 0.258 e. The van der Waals surface area contributed by atoms with E-state index in [2.05, 4.69) is 5.32 Å².